The number of hydrogen-bond donors (Lipinski definition) is 2. The second-order valence-corrected chi connectivity index (χ2v) is 6.60. The maximum Gasteiger partial charge on any atom is 0.137 e. The van der Waals surface area contributed by atoms with Crippen molar-refractivity contribution in [3.8, 4) is 22.8 Å². The van der Waals surface area contributed by atoms with Crippen LogP contribution in [0.5, 0.6) is 11.5 Å². The number of hydrogen-bond acceptors (Lipinski definition) is 4. The number of rotatable bonds is 6. The van der Waals surface area contributed by atoms with Crippen LogP contribution in [0.2, 0.25) is 0 Å². The van der Waals surface area contributed by atoms with Gasteiger partial charge in [0.1, 0.15) is 22.8 Å². The molecule has 0 spiro atoms. The molecule has 0 bridgehead atoms. The molecule has 0 radical (unpaired) electrons. The van der Waals surface area contributed by atoms with Gasteiger partial charge >= 0.3 is 0 Å². The van der Waals surface area contributed by atoms with Crippen LogP contribution in [0.4, 0.5) is 0 Å². The van der Waals surface area contributed by atoms with Crippen molar-refractivity contribution in [3.05, 3.63) is 53.9 Å². The number of fused-ring (bicyclic) bond motifs is 1. The molecule has 136 valence electrons. The average Bonchev–Trinajstić information content (AvgIpc) is 2.65. The van der Waals surface area contributed by atoms with Crippen molar-refractivity contribution in [1.29, 1.82) is 0 Å². The third-order valence-electron chi connectivity index (χ3n) is 4.22. The molecule has 0 aliphatic heterocycles. The van der Waals surface area contributed by atoms with Gasteiger partial charge in [-0.2, -0.15) is 0 Å². The largest absolute Gasteiger partial charge is 0.508 e. The number of phenolic OH excluding ortho intramolecular Hbond substituents is 1. The Morgan fingerprint density at radius 2 is 1.85 bits per heavy atom. The standard InChI is InChI=1S/C21H24N2O3/c1-23(2)12-4-11-22-19-14-21(15-5-8-17(25-3)9-6-15)26-20-10-7-16(24)13-18(19)20/h5-10,13-14,24H,4,11-12H2,1-3H3/p+1. The van der Waals surface area contributed by atoms with E-state index in [2.05, 4.69) is 14.1 Å². The lowest BCUT2D eigenvalue weighted by Gasteiger charge is -2.07. The van der Waals surface area contributed by atoms with Crippen molar-refractivity contribution in [2.75, 3.05) is 34.3 Å². The van der Waals surface area contributed by atoms with Crippen molar-refractivity contribution < 1.29 is 19.2 Å². The number of benzene rings is 2. The fourth-order valence-corrected chi connectivity index (χ4v) is 2.82. The van der Waals surface area contributed by atoms with Gasteiger partial charge < -0.3 is 19.2 Å². The smallest absolute Gasteiger partial charge is 0.137 e. The summed E-state index contributed by atoms with van der Waals surface area (Å²) in [6, 6.07) is 14.8. The van der Waals surface area contributed by atoms with Gasteiger partial charge in [0, 0.05) is 30.0 Å². The van der Waals surface area contributed by atoms with Crippen LogP contribution in [0.25, 0.3) is 22.3 Å². The minimum Gasteiger partial charge on any atom is -0.508 e. The monoisotopic (exact) mass is 353 g/mol. The quantitative estimate of drug-likeness (QED) is 0.668. The van der Waals surface area contributed by atoms with E-state index in [0.29, 0.717) is 5.58 Å². The fourth-order valence-electron chi connectivity index (χ4n) is 2.82. The maximum absolute atomic E-state index is 9.84. The van der Waals surface area contributed by atoms with Gasteiger partial charge in [0.15, 0.2) is 0 Å². The van der Waals surface area contributed by atoms with E-state index in [4.69, 9.17) is 14.1 Å². The Labute approximate surface area is 153 Å². The summed E-state index contributed by atoms with van der Waals surface area (Å²) in [5.74, 6) is 1.75. The summed E-state index contributed by atoms with van der Waals surface area (Å²) in [6.07, 6.45) is 1.01. The maximum atomic E-state index is 9.84. The van der Waals surface area contributed by atoms with Gasteiger partial charge in [-0.15, -0.1) is 0 Å². The zero-order valence-electron chi connectivity index (χ0n) is 15.5. The molecule has 0 fully saturated rings. The van der Waals surface area contributed by atoms with E-state index >= 15 is 0 Å². The first-order chi connectivity index (χ1) is 12.6. The van der Waals surface area contributed by atoms with Crippen molar-refractivity contribution in [1.82, 2.24) is 0 Å². The van der Waals surface area contributed by atoms with Gasteiger partial charge in [-0.3, -0.25) is 4.99 Å². The molecule has 3 rings (SSSR count). The van der Waals surface area contributed by atoms with Crippen LogP contribution < -0.4 is 15.0 Å². The SMILES string of the molecule is COc1ccc(-c2cc(=NCCC[NH+](C)C)c3cc(O)ccc3o2)cc1. The third kappa shape index (κ3) is 4.24. The number of quaternary nitrogens is 1. The first kappa shape index (κ1) is 18.0. The summed E-state index contributed by atoms with van der Waals surface area (Å²) in [5, 5.41) is 11.5. The molecule has 5 nitrogen and oxygen atoms in total. The van der Waals surface area contributed by atoms with Gasteiger partial charge in [-0.25, -0.2) is 0 Å². The normalized spacial score (nSPS) is 12.1. The summed E-state index contributed by atoms with van der Waals surface area (Å²) in [5.41, 5.74) is 1.66. The molecule has 26 heavy (non-hydrogen) atoms. The first-order valence-electron chi connectivity index (χ1n) is 8.77. The molecular formula is C21H25N2O3+. The fraction of sp³-hybridized carbons (Fsp3) is 0.286. The molecule has 0 unspecified atom stereocenters. The van der Waals surface area contributed by atoms with E-state index < -0.39 is 0 Å². The zero-order valence-corrected chi connectivity index (χ0v) is 15.5. The van der Waals surface area contributed by atoms with Gasteiger partial charge in [-0.05, 0) is 42.5 Å². The Balaban J connectivity index is 2.04. The van der Waals surface area contributed by atoms with Crippen LogP contribution >= 0.6 is 0 Å². The van der Waals surface area contributed by atoms with Crippen LogP contribution in [0.15, 0.2) is 57.9 Å². The zero-order chi connectivity index (χ0) is 18.5. The highest BCUT2D eigenvalue weighted by Gasteiger charge is 2.07. The Kier molecular flexibility index (Phi) is 5.58. The molecule has 0 aliphatic rings. The van der Waals surface area contributed by atoms with E-state index in [9.17, 15) is 5.11 Å². The van der Waals surface area contributed by atoms with Crippen LogP contribution in [-0.2, 0) is 0 Å². The molecule has 0 atom stereocenters. The lowest BCUT2D eigenvalue weighted by atomic mass is 10.1. The average molecular weight is 353 g/mol. The molecule has 0 amide bonds. The van der Waals surface area contributed by atoms with E-state index in [1.165, 1.54) is 4.90 Å². The summed E-state index contributed by atoms with van der Waals surface area (Å²) in [7, 11) is 5.92. The summed E-state index contributed by atoms with van der Waals surface area (Å²) >= 11 is 0. The van der Waals surface area contributed by atoms with Gasteiger partial charge in [0.05, 0.1) is 33.1 Å². The van der Waals surface area contributed by atoms with Crippen molar-refractivity contribution >= 4 is 11.0 Å². The number of methoxy groups -OCH3 is 1. The molecule has 0 aliphatic carbocycles. The topological polar surface area (TPSA) is 59.4 Å². The van der Waals surface area contributed by atoms with Crippen molar-refractivity contribution in [2.45, 2.75) is 6.42 Å². The molecule has 0 saturated heterocycles. The second kappa shape index (κ2) is 8.06. The molecule has 2 N–H and O–H groups in total. The Bertz CT molecular complexity index is 944. The predicted molar refractivity (Wildman–Crippen MR) is 103 cm³/mol. The van der Waals surface area contributed by atoms with E-state index in [-0.39, 0.29) is 5.75 Å². The van der Waals surface area contributed by atoms with E-state index in [0.717, 1.165) is 47.3 Å². The molecule has 0 saturated carbocycles. The van der Waals surface area contributed by atoms with Crippen molar-refractivity contribution in [2.24, 2.45) is 4.99 Å². The van der Waals surface area contributed by atoms with Crippen LogP contribution in [-0.4, -0.2) is 39.4 Å². The minimum absolute atomic E-state index is 0.207. The van der Waals surface area contributed by atoms with Crippen LogP contribution in [0.3, 0.4) is 0 Å². The molecule has 1 aromatic heterocycles. The minimum atomic E-state index is 0.207. The van der Waals surface area contributed by atoms with E-state index in [1.54, 1.807) is 25.3 Å². The Morgan fingerprint density at radius 1 is 1.08 bits per heavy atom. The molecule has 3 aromatic rings. The lowest BCUT2D eigenvalue weighted by Crippen LogP contribution is -3.05. The van der Waals surface area contributed by atoms with Gasteiger partial charge in [0.2, 0.25) is 0 Å². The van der Waals surface area contributed by atoms with Gasteiger partial charge in [-0.1, -0.05) is 0 Å². The summed E-state index contributed by atoms with van der Waals surface area (Å²) in [6.45, 7) is 1.80. The highest BCUT2D eigenvalue weighted by molar-refractivity contribution is 5.80. The molecule has 5 heteroatoms. The second-order valence-electron chi connectivity index (χ2n) is 6.60. The third-order valence-corrected chi connectivity index (χ3v) is 4.22. The summed E-state index contributed by atoms with van der Waals surface area (Å²) < 4.78 is 11.3. The summed E-state index contributed by atoms with van der Waals surface area (Å²) in [4.78, 5) is 6.17. The Hall–Kier alpha value is -2.79. The highest BCUT2D eigenvalue weighted by atomic mass is 16.5. The van der Waals surface area contributed by atoms with Gasteiger partial charge in [0.25, 0.3) is 0 Å². The van der Waals surface area contributed by atoms with Crippen LogP contribution in [0.1, 0.15) is 6.42 Å². The number of phenols is 1. The predicted octanol–water partition coefficient (Wildman–Crippen LogP) is 2.25. The lowest BCUT2D eigenvalue weighted by molar-refractivity contribution is -0.858. The number of aromatic hydroxyl groups is 1. The van der Waals surface area contributed by atoms with Crippen LogP contribution in [0, 0.1) is 0 Å². The molecule has 1 heterocycles. The number of ether oxygens (including phenoxy) is 1. The first-order valence-corrected chi connectivity index (χ1v) is 8.77. The number of nitrogens with zero attached hydrogens (tertiary/aromatic N) is 1. The molecule has 2 aromatic carbocycles. The number of nitrogens with one attached hydrogen (secondary N) is 1. The van der Waals surface area contributed by atoms with E-state index in [1.807, 2.05) is 30.3 Å². The van der Waals surface area contributed by atoms with Crippen molar-refractivity contribution in [3.63, 3.8) is 0 Å². The molecular weight excluding hydrogens is 328 g/mol. The Morgan fingerprint density at radius 3 is 2.54 bits per heavy atom. The highest BCUT2D eigenvalue weighted by Crippen LogP contribution is 2.25.